The topological polar surface area (TPSA) is 86.5 Å². The number of Topliss-reactive ketones (excluding diaryl/α,β-unsaturated/α-hetero) is 1. The molecule has 200 valence electrons. The van der Waals surface area contributed by atoms with Crippen LogP contribution in [-0.4, -0.2) is 64.0 Å². The molecule has 1 aromatic heterocycles. The van der Waals surface area contributed by atoms with E-state index >= 15 is 0 Å². The Kier molecular flexibility index (Phi) is 9.67. The zero-order chi connectivity index (χ0) is 27.5. The molecule has 1 aromatic rings. The van der Waals surface area contributed by atoms with Gasteiger partial charge in [0.15, 0.2) is 5.78 Å². The van der Waals surface area contributed by atoms with Crippen molar-refractivity contribution in [1.82, 2.24) is 9.88 Å². The summed E-state index contributed by atoms with van der Waals surface area (Å²) in [5.41, 5.74) is -4.75. The van der Waals surface area contributed by atoms with Crippen LogP contribution in [0.3, 0.4) is 0 Å². The van der Waals surface area contributed by atoms with Crippen LogP contribution in [0.25, 0.3) is 0 Å². The van der Waals surface area contributed by atoms with Gasteiger partial charge in [0, 0.05) is 18.6 Å². The number of aromatic nitrogens is 1. The maximum Gasteiger partial charge on any atom is 0.430 e. The summed E-state index contributed by atoms with van der Waals surface area (Å²) in [4.78, 5) is 34.7. The molecule has 1 fully saturated rings. The molecule has 6 nitrogen and oxygen atoms in total. The number of pyridine rings is 1. The van der Waals surface area contributed by atoms with E-state index in [-0.39, 0.29) is 15.6 Å². The molecule has 0 aromatic carbocycles. The van der Waals surface area contributed by atoms with Crippen LogP contribution in [0.15, 0.2) is 17.4 Å². The van der Waals surface area contributed by atoms with Gasteiger partial charge in [-0.3, -0.25) is 19.6 Å². The number of amides is 1. The van der Waals surface area contributed by atoms with Crippen molar-refractivity contribution >= 4 is 46.8 Å². The molecule has 0 aliphatic heterocycles. The highest BCUT2D eigenvalue weighted by Gasteiger charge is 2.47. The molecular weight excluding hydrogens is 523 g/mol. The van der Waals surface area contributed by atoms with Crippen molar-refractivity contribution in [2.45, 2.75) is 70.8 Å². The Morgan fingerprint density at radius 1 is 1.22 bits per heavy atom. The van der Waals surface area contributed by atoms with Crippen molar-refractivity contribution in [2.75, 3.05) is 13.1 Å². The first-order valence-electron chi connectivity index (χ1n) is 11.4. The van der Waals surface area contributed by atoms with Crippen molar-refractivity contribution in [1.29, 1.82) is 5.41 Å². The number of halogens is 6. The van der Waals surface area contributed by atoms with Crippen LogP contribution in [0, 0.1) is 17.2 Å². The highest BCUT2D eigenvalue weighted by molar-refractivity contribution is 6.39. The monoisotopic (exact) mass is 552 g/mol. The minimum atomic E-state index is -5.03. The van der Waals surface area contributed by atoms with Crippen molar-refractivity contribution in [3.05, 3.63) is 28.0 Å². The summed E-state index contributed by atoms with van der Waals surface area (Å²) in [7, 11) is 0. The Morgan fingerprint density at radius 3 is 2.19 bits per heavy atom. The second-order valence-electron chi connectivity index (χ2n) is 10.1. The van der Waals surface area contributed by atoms with E-state index in [4.69, 9.17) is 28.6 Å². The van der Waals surface area contributed by atoms with E-state index < -0.39 is 53.8 Å². The average Bonchev–Trinajstić information content (AvgIpc) is 2.73. The van der Waals surface area contributed by atoms with E-state index in [2.05, 4.69) is 9.98 Å². The van der Waals surface area contributed by atoms with Gasteiger partial charge in [-0.2, -0.15) is 13.2 Å². The number of nitrogens with zero attached hydrogens (tertiary/aromatic N) is 3. The summed E-state index contributed by atoms with van der Waals surface area (Å²) in [6.45, 7) is 4.32. The fraction of sp³-hybridized carbons (Fsp3) is 0.625. The number of nitrogens with one attached hydrogen (secondary N) is 1. The summed E-state index contributed by atoms with van der Waals surface area (Å²) in [6, 6.07) is 0. The van der Waals surface area contributed by atoms with Gasteiger partial charge in [-0.1, -0.05) is 30.1 Å². The second kappa shape index (κ2) is 11.5. The fourth-order valence-electron chi connectivity index (χ4n) is 4.16. The van der Waals surface area contributed by atoms with Crippen LogP contribution in [0.4, 0.5) is 17.6 Å². The number of carbonyl (C=O) groups excluding carboxylic acids is 2. The zero-order valence-electron chi connectivity index (χ0n) is 20.6. The lowest BCUT2D eigenvalue weighted by molar-refractivity contribution is -0.134. The predicted octanol–water partition coefficient (Wildman–Crippen LogP) is 6.39. The molecule has 0 spiro atoms. The van der Waals surface area contributed by atoms with Gasteiger partial charge >= 0.3 is 6.18 Å². The quantitative estimate of drug-likeness (QED) is 0.219. The lowest BCUT2D eigenvalue weighted by Crippen LogP contribution is -2.50. The molecule has 1 atom stereocenters. The number of aliphatic imine (C=N–C) groups is 1. The van der Waals surface area contributed by atoms with Crippen LogP contribution >= 0.6 is 23.2 Å². The smallest absolute Gasteiger partial charge is 0.331 e. The van der Waals surface area contributed by atoms with E-state index in [0.717, 1.165) is 26.2 Å². The maximum absolute atomic E-state index is 14.6. The molecule has 1 heterocycles. The van der Waals surface area contributed by atoms with E-state index in [1.165, 1.54) is 0 Å². The van der Waals surface area contributed by atoms with Gasteiger partial charge in [0.05, 0.1) is 34.2 Å². The fourth-order valence-corrected chi connectivity index (χ4v) is 4.73. The van der Waals surface area contributed by atoms with E-state index in [0.29, 0.717) is 42.7 Å². The van der Waals surface area contributed by atoms with Crippen LogP contribution in [0.1, 0.15) is 63.7 Å². The van der Waals surface area contributed by atoms with Gasteiger partial charge in [-0.15, -0.1) is 0 Å². The predicted molar refractivity (Wildman–Crippen MR) is 132 cm³/mol. The Morgan fingerprint density at radius 2 is 1.75 bits per heavy atom. The number of alkyl halides is 4. The summed E-state index contributed by atoms with van der Waals surface area (Å²) >= 11 is 12.0. The van der Waals surface area contributed by atoms with Gasteiger partial charge < -0.3 is 10.3 Å². The zero-order valence-corrected chi connectivity index (χ0v) is 22.1. The van der Waals surface area contributed by atoms with E-state index in [1.807, 2.05) is 6.92 Å². The molecule has 0 bridgehead atoms. The normalized spacial score (nSPS) is 22.2. The molecule has 0 radical (unpaired) electrons. The third-order valence-corrected chi connectivity index (χ3v) is 6.68. The molecule has 0 saturated heterocycles. The standard InChI is InChI=1S/C24H30Cl2F4N4O2/c1-14-5-7-23(4,8-6-14)33-20(24(28,29)30)15(9-31)21(36)34(13-22(2,3)27)12-18(35)19-16(25)10-32-11-17(19)26/h9-11,14-15,31H,5-8,12-13H2,1-4H3. The number of rotatable bonds is 9. The first kappa shape index (κ1) is 30.2. The number of hydrogen-bond acceptors (Lipinski definition) is 5. The minimum absolute atomic E-state index is 0.125. The van der Waals surface area contributed by atoms with Crippen LogP contribution in [0.5, 0.6) is 0 Å². The van der Waals surface area contributed by atoms with Gasteiger partial charge in [-0.25, -0.2) is 4.39 Å². The van der Waals surface area contributed by atoms with Crippen molar-refractivity contribution in [2.24, 2.45) is 16.8 Å². The molecule has 1 N–H and O–H groups in total. The summed E-state index contributed by atoms with van der Waals surface area (Å²) in [5, 5.41) is 7.42. The highest BCUT2D eigenvalue weighted by atomic mass is 35.5. The molecule has 36 heavy (non-hydrogen) atoms. The van der Waals surface area contributed by atoms with Crippen LogP contribution in [-0.2, 0) is 4.79 Å². The Hall–Kier alpha value is -2.07. The lowest BCUT2D eigenvalue weighted by atomic mass is 9.78. The molecule has 1 unspecified atom stereocenters. The first-order chi connectivity index (χ1) is 16.5. The average molecular weight is 553 g/mol. The molecule has 2 rings (SSSR count). The van der Waals surface area contributed by atoms with Crippen LogP contribution < -0.4 is 0 Å². The second-order valence-corrected chi connectivity index (χ2v) is 10.9. The Balaban J connectivity index is 2.48. The molecular formula is C24H30Cl2F4N4O2. The Bertz CT molecular complexity index is 996. The molecule has 1 aliphatic carbocycles. The highest BCUT2D eigenvalue weighted by Crippen LogP contribution is 2.37. The Labute approximate surface area is 218 Å². The summed E-state index contributed by atoms with van der Waals surface area (Å²) in [5.74, 6) is -3.88. The third kappa shape index (κ3) is 7.96. The number of hydrogen-bond donors (Lipinski definition) is 1. The van der Waals surface area contributed by atoms with Crippen molar-refractivity contribution in [3.63, 3.8) is 0 Å². The molecule has 12 heteroatoms. The van der Waals surface area contributed by atoms with Gasteiger partial charge in [-0.05, 0) is 52.4 Å². The largest absolute Gasteiger partial charge is 0.430 e. The third-order valence-electron chi connectivity index (χ3n) is 6.10. The molecule has 1 amide bonds. The van der Waals surface area contributed by atoms with E-state index in [9.17, 15) is 27.2 Å². The van der Waals surface area contributed by atoms with Gasteiger partial charge in [0.2, 0.25) is 5.91 Å². The van der Waals surface area contributed by atoms with Crippen molar-refractivity contribution < 1.29 is 27.2 Å². The van der Waals surface area contributed by atoms with Crippen molar-refractivity contribution in [3.8, 4) is 0 Å². The van der Waals surface area contributed by atoms with E-state index in [1.54, 1.807) is 6.92 Å². The van der Waals surface area contributed by atoms with Gasteiger partial charge in [0.25, 0.3) is 0 Å². The maximum atomic E-state index is 14.6. The number of carbonyl (C=O) groups is 2. The molecule has 1 saturated carbocycles. The summed E-state index contributed by atoms with van der Waals surface area (Å²) in [6.07, 6.45) is -0.256. The summed E-state index contributed by atoms with van der Waals surface area (Å²) < 4.78 is 57.1. The van der Waals surface area contributed by atoms with Crippen LogP contribution in [0.2, 0.25) is 10.0 Å². The molecule has 1 aliphatic rings. The first-order valence-corrected chi connectivity index (χ1v) is 12.2. The lowest BCUT2D eigenvalue weighted by Gasteiger charge is -2.35. The SMILES string of the molecule is CC1CCC(C)(N=C(C(C=N)C(=O)N(CC(=O)c2c(Cl)cncc2Cl)CC(C)(C)F)C(F)(F)F)CC1. The number of ketones is 1. The van der Waals surface area contributed by atoms with Gasteiger partial charge in [0.1, 0.15) is 17.3 Å². The minimum Gasteiger partial charge on any atom is -0.331 e.